The Labute approximate surface area is 129 Å². The number of aromatic nitrogens is 2. The van der Waals surface area contributed by atoms with E-state index in [4.69, 9.17) is 11.1 Å². The largest absolute Gasteiger partial charge is 0.384 e. The van der Waals surface area contributed by atoms with E-state index in [0.29, 0.717) is 5.03 Å². The fourth-order valence-corrected chi connectivity index (χ4v) is 3.13. The Hall–Kier alpha value is -1.88. The summed E-state index contributed by atoms with van der Waals surface area (Å²) >= 11 is 1.51. The standard InChI is InChI=1S/C16H20N4S/c1-4-12-13(5-2)19-20-16(14(12)15(17)18)21-11-8-6-10(3)7-9-11/h6-9H,4-5H2,1-3H3,(H3,17,18). The zero-order chi connectivity index (χ0) is 15.4. The number of hydrogen-bond acceptors (Lipinski definition) is 4. The van der Waals surface area contributed by atoms with Crippen LogP contribution < -0.4 is 5.73 Å². The molecule has 2 rings (SSSR count). The maximum absolute atomic E-state index is 7.89. The van der Waals surface area contributed by atoms with Gasteiger partial charge in [0.1, 0.15) is 10.9 Å². The zero-order valence-corrected chi connectivity index (χ0v) is 13.4. The van der Waals surface area contributed by atoms with Crippen molar-refractivity contribution in [2.24, 2.45) is 5.73 Å². The van der Waals surface area contributed by atoms with Crippen LogP contribution in [0.2, 0.25) is 0 Å². The van der Waals surface area contributed by atoms with Crippen molar-refractivity contribution in [3.05, 3.63) is 46.6 Å². The molecule has 0 aliphatic heterocycles. The summed E-state index contributed by atoms with van der Waals surface area (Å²) in [6, 6.07) is 8.21. The Kier molecular flexibility index (Phi) is 4.96. The van der Waals surface area contributed by atoms with Gasteiger partial charge in [0.25, 0.3) is 0 Å². The fraction of sp³-hybridized carbons (Fsp3) is 0.312. The SMILES string of the molecule is CCc1nnc(Sc2ccc(C)cc2)c(C(=N)N)c1CC. The molecule has 0 spiro atoms. The van der Waals surface area contributed by atoms with Crippen LogP contribution in [0.25, 0.3) is 0 Å². The molecule has 0 radical (unpaired) electrons. The first kappa shape index (κ1) is 15.5. The average Bonchev–Trinajstić information content (AvgIpc) is 2.48. The molecular formula is C16H20N4S. The van der Waals surface area contributed by atoms with Crippen molar-refractivity contribution in [1.82, 2.24) is 10.2 Å². The molecule has 0 fully saturated rings. The van der Waals surface area contributed by atoms with Gasteiger partial charge in [0.2, 0.25) is 0 Å². The van der Waals surface area contributed by atoms with Gasteiger partial charge in [-0.1, -0.05) is 43.3 Å². The lowest BCUT2D eigenvalue weighted by molar-refractivity contribution is 0.819. The molecule has 4 nitrogen and oxygen atoms in total. The first-order chi connectivity index (χ1) is 10.1. The Morgan fingerprint density at radius 1 is 1.14 bits per heavy atom. The van der Waals surface area contributed by atoms with E-state index >= 15 is 0 Å². The Morgan fingerprint density at radius 3 is 2.33 bits per heavy atom. The molecule has 5 heteroatoms. The van der Waals surface area contributed by atoms with Crippen LogP contribution in [0, 0.1) is 12.3 Å². The summed E-state index contributed by atoms with van der Waals surface area (Å²) in [4.78, 5) is 1.07. The van der Waals surface area contributed by atoms with Crippen molar-refractivity contribution >= 4 is 17.6 Å². The molecule has 0 atom stereocenters. The highest BCUT2D eigenvalue weighted by molar-refractivity contribution is 7.99. The highest BCUT2D eigenvalue weighted by Gasteiger charge is 2.17. The molecule has 0 aliphatic carbocycles. The van der Waals surface area contributed by atoms with Crippen molar-refractivity contribution < 1.29 is 0 Å². The number of hydrogen-bond donors (Lipinski definition) is 2. The summed E-state index contributed by atoms with van der Waals surface area (Å²) in [6.07, 6.45) is 1.60. The van der Waals surface area contributed by atoms with Gasteiger partial charge in [-0.15, -0.1) is 5.10 Å². The summed E-state index contributed by atoms with van der Waals surface area (Å²) in [5.41, 5.74) is 9.70. The summed E-state index contributed by atoms with van der Waals surface area (Å²) in [6.45, 7) is 6.16. The average molecular weight is 300 g/mol. The second-order valence-electron chi connectivity index (χ2n) is 4.84. The van der Waals surface area contributed by atoms with E-state index < -0.39 is 0 Å². The van der Waals surface area contributed by atoms with Gasteiger partial charge >= 0.3 is 0 Å². The third kappa shape index (κ3) is 3.42. The molecule has 2 aromatic rings. The van der Waals surface area contributed by atoms with E-state index in [1.165, 1.54) is 17.3 Å². The minimum Gasteiger partial charge on any atom is -0.384 e. The molecule has 21 heavy (non-hydrogen) atoms. The molecule has 0 bridgehead atoms. The van der Waals surface area contributed by atoms with Crippen LogP contribution >= 0.6 is 11.8 Å². The van der Waals surface area contributed by atoms with Gasteiger partial charge in [-0.05, 0) is 37.5 Å². The lowest BCUT2D eigenvalue weighted by Crippen LogP contribution is -2.18. The van der Waals surface area contributed by atoms with Gasteiger partial charge < -0.3 is 5.73 Å². The van der Waals surface area contributed by atoms with Gasteiger partial charge in [-0.25, -0.2) is 0 Å². The first-order valence-corrected chi connectivity index (χ1v) is 7.85. The van der Waals surface area contributed by atoms with Gasteiger partial charge in [0, 0.05) is 4.90 Å². The van der Waals surface area contributed by atoms with Crippen molar-refractivity contribution in [2.45, 2.75) is 43.5 Å². The Morgan fingerprint density at radius 2 is 1.81 bits per heavy atom. The normalized spacial score (nSPS) is 10.6. The zero-order valence-electron chi connectivity index (χ0n) is 12.6. The predicted octanol–water partition coefficient (Wildman–Crippen LogP) is 3.35. The first-order valence-electron chi connectivity index (χ1n) is 7.04. The predicted molar refractivity (Wildman–Crippen MR) is 87.1 cm³/mol. The topological polar surface area (TPSA) is 75.7 Å². The second kappa shape index (κ2) is 6.72. The maximum Gasteiger partial charge on any atom is 0.135 e. The van der Waals surface area contributed by atoms with Crippen LogP contribution in [-0.4, -0.2) is 16.0 Å². The molecule has 110 valence electrons. The molecule has 3 N–H and O–H groups in total. The van der Waals surface area contributed by atoms with Crippen LogP contribution in [-0.2, 0) is 12.8 Å². The van der Waals surface area contributed by atoms with Crippen LogP contribution in [0.3, 0.4) is 0 Å². The highest BCUT2D eigenvalue weighted by Crippen LogP contribution is 2.31. The quantitative estimate of drug-likeness (QED) is 0.656. The van der Waals surface area contributed by atoms with Gasteiger partial charge in [0.15, 0.2) is 0 Å². The molecule has 0 saturated heterocycles. The van der Waals surface area contributed by atoms with E-state index in [0.717, 1.165) is 34.6 Å². The number of amidine groups is 1. The molecular weight excluding hydrogens is 280 g/mol. The van der Waals surface area contributed by atoms with E-state index in [-0.39, 0.29) is 5.84 Å². The van der Waals surface area contributed by atoms with Gasteiger partial charge in [-0.2, -0.15) is 5.10 Å². The van der Waals surface area contributed by atoms with E-state index in [1.54, 1.807) is 0 Å². The lowest BCUT2D eigenvalue weighted by Gasteiger charge is -2.14. The highest BCUT2D eigenvalue weighted by atomic mass is 32.2. The maximum atomic E-state index is 7.89. The number of benzene rings is 1. The van der Waals surface area contributed by atoms with E-state index in [1.807, 2.05) is 19.1 Å². The third-order valence-corrected chi connectivity index (χ3v) is 4.31. The Balaban J connectivity index is 2.48. The number of nitrogens with one attached hydrogen (secondary N) is 1. The summed E-state index contributed by atoms with van der Waals surface area (Å²) in [5.74, 6) is 0.0612. The fourth-order valence-electron chi connectivity index (χ4n) is 2.22. The molecule has 1 aromatic heterocycles. The molecule has 1 heterocycles. The van der Waals surface area contributed by atoms with Crippen molar-refractivity contribution in [3.8, 4) is 0 Å². The lowest BCUT2D eigenvalue weighted by atomic mass is 10.0. The summed E-state index contributed by atoms with van der Waals surface area (Å²) in [7, 11) is 0. The molecule has 0 saturated carbocycles. The number of rotatable bonds is 5. The van der Waals surface area contributed by atoms with Crippen LogP contribution in [0.15, 0.2) is 34.2 Å². The number of nitrogens with zero attached hydrogens (tertiary/aromatic N) is 2. The van der Waals surface area contributed by atoms with Crippen LogP contribution in [0.4, 0.5) is 0 Å². The van der Waals surface area contributed by atoms with Crippen LogP contribution in [0.5, 0.6) is 0 Å². The minimum atomic E-state index is 0.0612. The second-order valence-corrected chi connectivity index (χ2v) is 5.90. The number of nitrogens with two attached hydrogens (primary N) is 1. The smallest absolute Gasteiger partial charge is 0.135 e. The molecule has 1 aromatic carbocycles. The number of aryl methyl sites for hydroxylation is 2. The van der Waals surface area contributed by atoms with Gasteiger partial charge in [0.05, 0.1) is 11.3 Å². The molecule has 0 amide bonds. The summed E-state index contributed by atoms with van der Waals surface area (Å²) in [5, 5.41) is 17.2. The van der Waals surface area contributed by atoms with Crippen LogP contribution in [0.1, 0.15) is 36.2 Å². The number of nitrogen functional groups attached to an aromatic ring is 1. The van der Waals surface area contributed by atoms with Crippen molar-refractivity contribution in [1.29, 1.82) is 5.41 Å². The Bertz CT molecular complexity index is 650. The third-order valence-electron chi connectivity index (χ3n) is 3.32. The molecule has 0 aliphatic rings. The van der Waals surface area contributed by atoms with Crippen molar-refractivity contribution in [3.63, 3.8) is 0 Å². The minimum absolute atomic E-state index is 0.0612. The summed E-state index contributed by atoms with van der Waals surface area (Å²) < 4.78 is 0. The van der Waals surface area contributed by atoms with Crippen molar-refractivity contribution in [2.75, 3.05) is 0 Å². The molecule has 0 unspecified atom stereocenters. The monoisotopic (exact) mass is 300 g/mol. The van der Waals surface area contributed by atoms with E-state index in [9.17, 15) is 0 Å². The van der Waals surface area contributed by atoms with E-state index in [2.05, 4.69) is 36.2 Å². The van der Waals surface area contributed by atoms with Gasteiger partial charge in [-0.3, -0.25) is 5.41 Å².